The van der Waals surface area contributed by atoms with Crippen molar-refractivity contribution in [2.75, 3.05) is 13.2 Å². The number of ether oxygens (including phenoxy) is 9. The third kappa shape index (κ3) is 8.11. The van der Waals surface area contributed by atoms with Gasteiger partial charge in [0.05, 0.1) is 22.7 Å². The van der Waals surface area contributed by atoms with Gasteiger partial charge in [0.2, 0.25) is 0 Å². The van der Waals surface area contributed by atoms with E-state index in [4.69, 9.17) is 42.6 Å². The molecule has 0 N–H and O–H groups in total. The number of fused-ring (bicyclic) bond motifs is 5. The molecule has 4 aliphatic rings. The molecule has 334 valence electrons. The first-order chi connectivity index (χ1) is 29.3. The Hall–Kier alpha value is -5.91. The third-order valence-electron chi connectivity index (χ3n) is 12.4. The zero-order chi connectivity index (χ0) is 45.3. The summed E-state index contributed by atoms with van der Waals surface area (Å²) in [5.74, 6) is -10.5. The molecule has 1 aromatic carbocycles. The second kappa shape index (κ2) is 17.8. The first kappa shape index (κ1) is 45.6. The van der Waals surface area contributed by atoms with Crippen LogP contribution in [0.1, 0.15) is 107 Å². The van der Waals surface area contributed by atoms with Crippen molar-refractivity contribution in [1.29, 1.82) is 0 Å². The molecule has 18 heteroatoms. The van der Waals surface area contributed by atoms with Gasteiger partial charge in [-0.05, 0) is 44.0 Å². The minimum Gasteiger partial charge on any atom is -0.465 e. The van der Waals surface area contributed by atoms with Crippen molar-refractivity contribution in [1.82, 2.24) is 4.98 Å². The van der Waals surface area contributed by atoms with Crippen LogP contribution in [0.5, 0.6) is 0 Å². The highest BCUT2D eigenvalue weighted by Gasteiger charge is 2.88. The minimum atomic E-state index is -2.36. The molecular weight excluding hydrogens is 814 g/mol. The van der Waals surface area contributed by atoms with E-state index in [1.165, 1.54) is 38.2 Å². The lowest BCUT2D eigenvalue weighted by Crippen LogP contribution is -2.84. The molecule has 3 heterocycles. The Morgan fingerprint density at radius 1 is 0.774 bits per heavy atom. The van der Waals surface area contributed by atoms with E-state index in [9.17, 15) is 38.4 Å². The highest BCUT2D eigenvalue weighted by molar-refractivity contribution is 5.91. The molecule has 2 aliphatic heterocycles. The van der Waals surface area contributed by atoms with E-state index in [0.29, 0.717) is 12.1 Å². The van der Waals surface area contributed by atoms with Crippen LogP contribution in [-0.4, -0.2) is 114 Å². The van der Waals surface area contributed by atoms with Gasteiger partial charge in [-0.15, -0.1) is 0 Å². The zero-order valence-corrected chi connectivity index (χ0v) is 35.7. The number of carbonyl (C=O) groups excluding carboxylic acids is 8. The van der Waals surface area contributed by atoms with Crippen molar-refractivity contribution < 1.29 is 81.0 Å². The van der Waals surface area contributed by atoms with E-state index in [2.05, 4.69) is 4.98 Å². The number of hydrogen-bond donors (Lipinski definition) is 0. The number of pyridine rings is 1. The predicted octanol–water partition coefficient (Wildman–Crippen LogP) is 3.75. The Bertz CT molecular complexity index is 2110. The average molecular weight is 866 g/mol. The number of esters is 8. The summed E-state index contributed by atoms with van der Waals surface area (Å²) in [7, 11) is 0. The molecule has 62 heavy (non-hydrogen) atoms. The molecule has 6 rings (SSSR count). The van der Waals surface area contributed by atoms with Crippen molar-refractivity contribution in [3.63, 3.8) is 0 Å². The summed E-state index contributed by atoms with van der Waals surface area (Å²) in [6, 6.07) is 10.9. The molecule has 18 nitrogen and oxygen atoms in total. The van der Waals surface area contributed by atoms with Gasteiger partial charge in [0.1, 0.15) is 48.1 Å². The molecular formula is C44H51NO17. The molecule has 3 fully saturated rings. The van der Waals surface area contributed by atoms with Crippen LogP contribution in [0.15, 0.2) is 48.7 Å². The maximum Gasteiger partial charge on any atom is 0.340 e. The van der Waals surface area contributed by atoms with Gasteiger partial charge in [-0.1, -0.05) is 32.0 Å². The van der Waals surface area contributed by atoms with Crippen molar-refractivity contribution >= 4 is 47.8 Å². The van der Waals surface area contributed by atoms with Gasteiger partial charge in [-0.25, -0.2) is 9.59 Å². The van der Waals surface area contributed by atoms with E-state index in [1.807, 2.05) is 6.92 Å². The Balaban J connectivity index is 1.75. The van der Waals surface area contributed by atoms with Crippen LogP contribution in [0.2, 0.25) is 0 Å². The van der Waals surface area contributed by atoms with Crippen LogP contribution in [0.4, 0.5) is 0 Å². The summed E-state index contributed by atoms with van der Waals surface area (Å²) in [5.41, 5.74) is -6.06. The molecule has 12 atom stereocenters. The van der Waals surface area contributed by atoms with Gasteiger partial charge in [0, 0.05) is 59.1 Å². The second-order valence-corrected chi connectivity index (χ2v) is 16.4. The SMILES string of the molecule is CCC1CCC(=O)O[C@H]2[C@H](OC(C)=O)[C@H](OC(C)=O)[C@@]3(COC(C)=O)[C@H](OC(C)=O)[C@H](OC(C)=O)[C@@H]4[C@@H](OC(=O)c5ccccc5)[C@]3(O[C@@]4(C)COC(=O)c3cccnc31)[C@@H]2C. The molecule has 1 spiro atoms. The molecule has 2 aliphatic carbocycles. The predicted molar refractivity (Wildman–Crippen MR) is 208 cm³/mol. The molecule has 1 aromatic heterocycles. The Morgan fingerprint density at radius 3 is 1.98 bits per heavy atom. The first-order valence-corrected chi connectivity index (χ1v) is 20.4. The Kier molecular flexibility index (Phi) is 13.1. The number of hydrogen-bond acceptors (Lipinski definition) is 18. The fourth-order valence-corrected chi connectivity index (χ4v) is 10.1. The normalized spacial score (nSPS) is 33.8. The third-order valence-corrected chi connectivity index (χ3v) is 12.4. The first-order valence-electron chi connectivity index (χ1n) is 20.4. The maximum absolute atomic E-state index is 14.4. The molecule has 2 saturated carbocycles. The fraction of sp³-hybridized carbons (Fsp3) is 0.568. The van der Waals surface area contributed by atoms with Crippen LogP contribution in [0, 0.1) is 17.3 Å². The van der Waals surface area contributed by atoms with E-state index < -0.39 is 132 Å². The number of nitrogens with zero attached hydrogens (tertiary/aromatic N) is 1. The summed E-state index contributed by atoms with van der Waals surface area (Å²) >= 11 is 0. The van der Waals surface area contributed by atoms with Crippen molar-refractivity contribution in [2.45, 2.75) is 128 Å². The number of cyclic esters (lactones) is 1. The Morgan fingerprint density at radius 2 is 1.39 bits per heavy atom. The summed E-state index contributed by atoms with van der Waals surface area (Å²) in [6.07, 6.45) is -8.72. The molecule has 0 amide bonds. The monoisotopic (exact) mass is 865 g/mol. The molecule has 2 aromatic rings. The zero-order valence-electron chi connectivity index (χ0n) is 35.7. The van der Waals surface area contributed by atoms with Crippen LogP contribution in [0.3, 0.4) is 0 Å². The topological polar surface area (TPSA) is 233 Å². The van der Waals surface area contributed by atoms with Crippen molar-refractivity contribution in [2.24, 2.45) is 17.3 Å². The largest absolute Gasteiger partial charge is 0.465 e. The smallest absolute Gasteiger partial charge is 0.340 e. The van der Waals surface area contributed by atoms with Crippen LogP contribution < -0.4 is 0 Å². The van der Waals surface area contributed by atoms with Gasteiger partial charge in [0.25, 0.3) is 0 Å². The molecule has 1 saturated heterocycles. The number of benzene rings is 1. The highest BCUT2D eigenvalue weighted by atomic mass is 16.7. The highest BCUT2D eigenvalue weighted by Crippen LogP contribution is 2.69. The van der Waals surface area contributed by atoms with Crippen LogP contribution >= 0.6 is 0 Å². The summed E-state index contributed by atoms with van der Waals surface area (Å²) in [4.78, 5) is 114. The second-order valence-electron chi connectivity index (χ2n) is 16.4. The van der Waals surface area contributed by atoms with E-state index in [1.54, 1.807) is 24.3 Å². The molecule has 1 unspecified atom stereocenters. The van der Waals surface area contributed by atoms with Gasteiger partial charge < -0.3 is 42.6 Å². The van der Waals surface area contributed by atoms with Crippen LogP contribution in [0.25, 0.3) is 0 Å². The molecule has 4 bridgehead atoms. The van der Waals surface area contributed by atoms with Gasteiger partial charge in [-0.3, -0.25) is 33.8 Å². The lowest BCUT2D eigenvalue weighted by atomic mass is 9.46. The summed E-state index contributed by atoms with van der Waals surface area (Å²) < 4.78 is 56.2. The van der Waals surface area contributed by atoms with Crippen molar-refractivity contribution in [3.05, 3.63) is 65.5 Å². The molecule has 0 radical (unpaired) electrons. The summed E-state index contributed by atoms with van der Waals surface area (Å²) in [6.45, 7) is 8.65. The quantitative estimate of drug-likeness (QED) is 0.258. The number of rotatable bonds is 9. The number of aromatic nitrogens is 1. The minimum absolute atomic E-state index is 0.0608. The lowest BCUT2D eigenvalue weighted by molar-refractivity contribution is -0.348. The maximum atomic E-state index is 14.4. The van der Waals surface area contributed by atoms with Gasteiger partial charge >= 0.3 is 47.8 Å². The fourth-order valence-electron chi connectivity index (χ4n) is 10.1. The van der Waals surface area contributed by atoms with E-state index in [0.717, 1.165) is 34.6 Å². The van der Waals surface area contributed by atoms with Crippen molar-refractivity contribution in [3.8, 4) is 0 Å². The average Bonchev–Trinajstić information content (AvgIpc) is 3.42. The summed E-state index contributed by atoms with van der Waals surface area (Å²) in [5, 5.41) is 0. The van der Waals surface area contributed by atoms with E-state index >= 15 is 0 Å². The van der Waals surface area contributed by atoms with Gasteiger partial charge in [0.15, 0.2) is 18.3 Å². The van der Waals surface area contributed by atoms with Crippen LogP contribution in [-0.2, 0) is 71.4 Å². The lowest BCUT2D eigenvalue weighted by Gasteiger charge is -2.65. The Labute approximate surface area is 357 Å². The number of carbonyl (C=O) groups is 8. The standard InChI is InChI=1S/C44H51NO17/c1-9-28-17-18-31(51)60-34-22(2)44-37(61-40(52)29-14-11-10-12-15-29)32(42(8,62-44)20-55-41(53)30-16-13-19-45-33(28)30)35(56-24(4)47)38(58-26(6)49)43(44,21-54-23(3)46)39(59-27(7)50)36(34)57-25(5)48/h10-16,19,22,28,32,34-39H,9,17-18,20-21H2,1-8H3/t22-,28?,32-,34-,35-,36+,37-,38-,39+,42+,43-,44-/m1/s1. The van der Waals surface area contributed by atoms with Gasteiger partial charge in [-0.2, -0.15) is 0 Å². The van der Waals surface area contributed by atoms with E-state index in [-0.39, 0.29) is 24.0 Å².